The van der Waals surface area contributed by atoms with Crippen LogP contribution < -0.4 is 5.32 Å². The highest BCUT2D eigenvalue weighted by Crippen LogP contribution is 2.23. The van der Waals surface area contributed by atoms with Gasteiger partial charge in [-0.2, -0.15) is 4.31 Å². The molecule has 2 N–H and O–H groups in total. The van der Waals surface area contributed by atoms with Crippen LogP contribution in [0.2, 0.25) is 0 Å². The van der Waals surface area contributed by atoms with Gasteiger partial charge in [-0.15, -0.1) is 0 Å². The Hall–Kier alpha value is -0.850. The highest BCUT2D eigenvalue weighted by molar-refractivity contribution is 7.89. The summed E-state index contributed by atoms with van der Waals surface area (Å²) < 4.78 is 26.5. The third kappa shape index (κ3) is 3.58. The molecule has 5 nitrogen and oxygen atoms in total. The van der Waals surface area contributed by atoms with Gasteiger partial charge < -0.3 is 10.3 Å². The van der Waals surface area contributed by atoms with Gasteiger partial charge in [0.05, 0.1) is 4.90 Å². The van der Waals surface area contributed by atoms with E-state index in [1.54, 1.807) is 22.8 Å². The predicted octanol–water partition coefficient (Wildman–Crippen LogP) is 1.41. The molecule has 1 atom stereocenters. The summed E-state index contributed by atoms with van der Waals surface area (Å²) in [5, 5.41) is 3.39. The van der Waals surface area contributed by atoms with Crippen LogP contribution in [0, 0.1) is 5.92 Å². The van der Waals surface area contributed by atoms with E-state index in [-0.39, 0.29) is 0 Å². The molecule has 108 valence electrons. The quantitative estimate of drug-likeness (QED) is 0.860. The van der Waals surface area contributed by atoms with Gasteiger partial charge in [0.25, 0.3) is 0 Å². The van der Waals surface area contributed by atoms with Crippen molar-refractivity contribution in [1.82, 2.24) is 14.6 Å². The van der Waals surface area contributed by atoms with Gasteiger partial charge in [-0.3, -0.25) is 0 Å². The second-order valence-electron chi connectivity index (χ2n) is 5.48. The molecule has 0 aromatic carbocycles. The van der Waals surface area contributed by atoms with Gasteiger partial charge in [-0.05, 0) is 31.4 Å². The van der Waals surface area contributed by atoms with Crippen molar-refractivity contribution in [2.24, 2.45) is 5.92 Å². The Morgan fingerprint density at radius 1 is 1.53 bits per heavy atom. The Morgan fingerprint density at radius 2 is 2.32 bits per heavy atom. The van der Waals surface area contributed by atoms with Crippen LogP contribution >= 0.6 is 0 Å². The van der Waals surface area contributed by atoms with Gasteiger partial charge in [-0.25, -0.2) is 8.42 Å². The second kappa shape index (κ2) is 6.07. The zero-order valence-corrected chi connectivity index (χ0v) is 12.4. The van der Waals surface area contributed by atoms with E-state index in [0.717, 1.165) is 19.4 Å². The minimum Gasteiger partial charge on any atom is -0.366 e. The number of hydrogen-bond acceptors (Lipinski definition) is 3. The molecule has 2 heterocycles. The number of hydrogen-bond donors (Lipinski definition) is 2. The molecule has 0 spiro atoms. The first-order chi connectivity index (χ1) is 9.00. The molecule has 1 aromatic rings. The molecule has 2 rings (SSSR count). The molecule has 1 unspecified atom stereocenters. The van der Waals surface area contributed by atoms with Crippen molar-refractivity contribution >= 4 is 10.0 Å². The van der Waals surface area contributed by atoms with E-state index in [0.29, 0.717) is 29.9 Å². The van der Waals surface area contributed by atoms with Crippen LogP contribution in [0.15, 0.2) is 23.4 Å². The Morgan fingerprint density at radius 3 is 2.95 bits per heavy atom. The molecule has 0 amide bonds. The normalized spacial score (nSPS) is 21.9. The number of H-pyrrole nitrogens is 1. The van der Waals surface area contributed by atoms with E-state index in [4.69, 9.17) is 0 Å². The lowest BCUT2D eigenvalue weighted by molar-refractivity contribution is 0.256. The maximum atomic E-state index is 12.4. The van der Waals surface area contributed by atoms with Gasteiger partial charge in [0.2, 0.25) is 10.0 Å². The van der Waals surface area contributed by atoms with Gasteiger partial charge in [0.15, 0.2) is 0 Å². The smallest absolute Gasteiger partial charge is 0.244 e. The minimum absolute atomic E-state index is 0.366. The fourth-order valence-electron chi connectivity index (χ4n) is 2.43. The molecule has 0 aliphatic carbocycles. The highest BCUT2D eigenvalue weighted by Gasteiger charge is 2.30. The molecule has 1 aliphatic heterocycles. The Balaban J connectivity index is 2.01. The second-order valence-corrected chi connectivity index (χ2v) is 7.42. The summed E-state index contributed by atoms with van der Waals surface area (Å²) in [5.41, 5.74) is 0. The molecule has 1 aliphatic rings. The lowest BCUT2D eigenvalue weighted by Gasteiger charge is -2.32. The predicted molar refractivity (Wildman–Crippen MR) is 75.4 cm³/mol. The monoisotopic (exact) mass is 285 g/mol. The topological polar surface area (TPSA) is 65.2 Å². The van der Waals surface area contributed by atoms with Crippen LogP contribution in [-0.2, 0) is 10.0 Å². The molecule has 1 aromatic heterocycles. The van der Waals surface area contributed by atoms with Crippen LogP contribution in [0.1, 0.15) is 26.7 Å². The molecule has 19 heavy (non-hydrogen) atoms. The Labute approximate surface area is 115 Å². The third-order valence-corrected chi connectivity index (χ3v) is 5.36. The Kier molecular flexibility index (Phi) is 4.65. The summed E-state index contributed by atoms with van der Waals surface area (Å²) in [6.45, 7) is 6.35. The van der Waals surface area contributed by atoms with Gasteiger partial charge in [0.1, 0.15) is 0 Å². The average Bonchev–Trinajstić information content (AvgIpc) is 2.91. The molecule has 0 saturated carbocycles. The lowest BCUT2D eigenvalue weighted by atomic mass is 9.99. The van der Waals surface area contributed by atoms with E-state index in [1.807, 2.05) is 0 Å². The van der Waals surface area contributed by atoms with Crippen molar-refractivity contribution in [3.63, 3.8) is 0 Å². The summed E-state index contributed by atoms with van der Waals surface area (Å²) in [6.07, 6.45) is 5.23. The highest BCUT2D eigenvalue weighted by atomic mass is 32.2. The standard InChI is InChI=1S/C13H23N3O2S/c1-11(2)15-8-12-4-3-7-16(10-12)19(17,18)13-5-6-14-9-13/h5-6,9,11-12,14-15H,3-4,7-8,10H2,1-2H3. The van der Waals surface area contributed by atoms with Crippen LogP contribution in [0.25, 0.3) is 0 Å². The molecule has 6 heteroatoms. The minimum atomic E-state index is -3.32. The zero-order valence-electron chi connectivity index (χ0n) is 11.6. The van der Waals surface area contributed by atoms with E-state index in [9.17, 15) is 8.42 Å². The van der Waals surface area contributed by atoms with Gasteiger partial charge in [0, 0.05) is 31.5 Å². The maximum Gasteiger partial charge on any atom is 0.244 e. The number of nitrogens with one attached hydrogen (secondary N) is 2. The zero-order chi connectivity index (χ0) is 13.9. The van der Waals surface area contributed by atoms with Crippen molar-refractivity contribution < 1.29 is 8.42 Å². The molecular formula is C13H23N3O2S. The van der Waals surface area contributed by atoms with Gasteiger partial charge in [-0.1, -0.05) is 13.8 Å². The van der Waals surface area contributed by atoms with Crippen molar-refractivity contribution in [3.8, 4) is 0 Å². The molecule has 1 fully saturated rings. The van der Waals surface area contributed by atoms with Crippen LogP contribution in [0.4, 0.5) is 0 Å². The van der Waals surface area contributed by atoms with E-state index >= 15 is 0 Å². The fraction of sp³-hybridized carbons (Fsp3) is 0.692. The first-order valence-corrected chi connectivity index (χ1v) is 8.30. The molecule has 1 saturated heterocycles. The lowest BCUT2D eigenvalue weighted by Crippen LogP contribution is -2.43. The van der Waals surface area contributed by atoms with Crippen molar-refractivity contribution in [2.45, 2.75) is 37.6 Å². The van der Waals surface area contributed by atoms with Gasteiger partial charge >= 0.3 is 0 Å². The summed E-state index contributed by atoms with van der Waals surface area (Å²) in [6, 6.07) is 2.06. The largest absolute Gasteiger partial charge is 0.366 e. The first kappa shape index (κ1) is 14.6. The van der Waals surface area contributed by atoms with Crippen molar-refractivity contribution in [1.29, 1.82) is 0 Å². The number of sulfonamides is 1. The molecule has 0 bridgehead atoms. The summed E-state index contributed by atoms with van der Waals surface area (Å²) in [4.78, 5) is 3.17. The van der Waals surface area contributed by atoms with Crippen LogP contribution in [0.3, 0.4) is 0 Å². The molecule has 0 radical (unpaired) electrons. The summed E-state index contributed by atoms with van der Waals surface area (Å²) in [5.74, 6) is 0.407. The number of aromatic nitrogens is 1. The van der Waals surface area contributed by atoms with E-state index in [1.165, 1.54) is 0 Å². The number of rotatable bonds is 5. The SMILES string of the molecule is CC(C)NCC1CCCN(S(=O)(=O)c2cc[nH]c2)C1. The van der Waals surface area contributed by atoms with Crippen molar-refractivity contribution in [2.75, 3.05) is 19.6 Å². The number of nitrogens with zero attached hydrogens (tertiary/aromatic N) is 1. The maximum absolute atomic E-state index is 12.4. The summed E-state index contributed by atoms with van der Waals surface area (Å²) in [7, 11) is -3.32. The third-order valence-electron chi connectivity index (χ3n) is 3.50. The average molecular weight is 285 g/mol. The molecular weight excluding hydrogens is 262 g/mol. The number of aromatic amines is 1. The van der Waals surface area contributed by atoms with Crippen LogP contribution in [-0.4, -0.2) is 43.4 Å². The first-order valence-electron chi connectivity index (χ1n) is 6.86. The summed E-state index contributed by atoms with van der Waals surface area (Å²) >= 11 is 0. The van der Waals surface area contributed by atoms with Crippen molar-refractivity contribution in [3.05, 3.63) is 18.5 Å². The van der Waals surface area contributed by atoms with Crippen LogP contribution in [0.5, 0.6) is 0 Å². The van der Waals surface area contributed by atoms with E-state index in [2.05, 4.69) is 24.1 Å². The number of piperidine rings is 1. The van der Waals surface area contributed by atoms with E-state index < -0.39 is 10.0 Å². The fourth-order valence-corrected chi connectivity index (χ4v) is 3.96. The Bertz CT molecular complexity index is 482.